The minimum Gasteiger partial charge on any atom is -0.466 e. The number of fused-ring (bicyclic) bond motifs is 1. The minimum absolute atomic E-state index is 0.0519. The van der Waals surface area contributed by atoms with Gasteiger partial charge < -0.3 is 14.4 Å². The highest BCUT2D eigenvalue weighted by molar-refractivity contribution is 5.83. The number of aromatic nitrogens is 1. The van der Waals surface area contributed by atoms with E-state index in [1.807, 2.05) is 30.3 Å². The second-order valence-electron chi connectivity index (χ2n) is 7.60. The van der Waals surface area contributed by atoms with Crippen LogP contribution in [-0.2, 0) is 19.1 Å². The molecule has 0 saturated carbocycles. The Morgan fingerprint density at radius 2 is 2.10 bits per heavy atom. The highest BCUT2D eigenvalue weighted by Gasteiger charge is 2.37. The standard InChI is InChI=1S/C23H28N2O4/c1-3-29-22(27)14-21(19-13-18-8-4-5-10-20(18)24-15-19)25-12-11-17(23(25)28)9-6-7-16(2)26/h4-5,8,10,13,15,17,21H,3,6-7,9,11-12,14H2,1-2H3. The van der Waals surface area contributed by atoms with Gasteiger partial charge in [0.25, 0.3) is 0 Å². The molecule has 0 bridgehead atoms. The van der Waals surface area contributed by atoms with Crippen molar-refractivity contribution in [3.05, 3.63) is 42.1 Å². The third-order valence-electron chi connectivity index (χ3n) is 5.47. The number of esters is 1. The number of pyridine rings is 1. The van der Waals surface area contributed by atoms with Gasteiger partial charge in [-0.3, -0.25) is 14.6 Å². The second kappa shape index (κ2) is 9.63. The number of para-hydroxylation sites is 1. The molecule has 0 spiro atoms. The molecule has 1 saturated heterocycles. The number of likely N-dealkylation sites (tertiary alicyclic amines) is 1. The molecule has 2 atom stereocenters. The first-order valence-corrected chi connectivity index (χ1v) is 10.3. The molecule has 0 radical (unpaired) electrons. The summed E-state index contributed by atoms with van der Waals surface area (Å²) in [5.74, 6) is -0.211. The number of hydrogen-bond acceptors (Lipinski definition) is 5. The fourth-order valence-electron chi connectivity index (χ4n) is 3.99. The third kappa shape index (κ3) is 5.19. The second-order valence-corrected chi connectivity index (χ2v) is 7.60. The van der Waals surface area contributed by atoms with Crippen molar-refractivity contribution >= 4 is 28.6 Å². The number of rotatable bonds is 9. The van der Waals surface area contributed by atoms with Crippen LogP contribution in [0.1, 0.15) is 57.6 Å². The molecule has 0 aliphatic carbocycles. The molecule has 1 aliphatic heterocycles. The Balaban J connectivity index is 1.82. The van der Waals surface area contributed by atoms with Gasteiger partial charge in [-0.15, -0.1) is 0 Å². The van der Waals surface area contributed by atoms with Gasteiger partial charge in [0, 0.05) is 30.5 Å². The number of carbonyl (C=O) groups is 3. The van der Waals surface area contributed by atoms with Gasteiger partial charge in [-0.25, -0.2) is 0 Å². The van der Waals surface area contributed by atoms with Gasteiger partial charge in [-0.05, 0) is 50.8 Å². The number of ether oxygens (including phenoxy) is 1. The van der Waals surface area contributed by atoms with Crippen LogP contribution in [0.2, 0.25) is 0 Å². The molecule has 1 fully saturated rings. The fourth-order valence-corrected chi connectivity index (χ4v) is 3.99. The first kappa shape index (κ1) is 21.0. The summed E-state index contributed by atoms with van der Waals surface area (Å²) < 4.78 is 5.16. The Hall–Kier alpha value is -2.76. The molecule has 0 N–H and O–H groups in total. The molecule has 6 heteroatoms. The summed E-state index contributed by atoms with van der Waals surface area (Å²) in [6.07, 6.45) is 4.54. The molecule has 1 aliphatic rings. The number of nitrogens with zero attached hydrogens (tertiary/aromatic N) is 2. The highest BCUT2D eigenvalue weighted by Crippen LogP contribution is 2.34. The lowest BCUT2D eigenvalue weighted by Gasteiger charge is -2.28. The van der Waals surface area contributed by atoms with Crippen LogP contribution in [0, 0.1) is 5.92 Å². The van der Waals surface area contributed by atoms with E-state index in [2.05, 4.69) is 4.98 Å². The van der Waals surface area contributed by atoms with Gasteiger partial charge in [0.15, 0.2) is 0 Å². The number of amides is 1. The van der Waals surface area contributed by atoms with Crippen molar-refractivity contribution in [2.45, 2.75) is 52.0 Å². The average Bonchev–Trinajstić information content (AvgIpc) is 3.06. The Labute approximate surface area is 171 Å². The van der Waals surface area contributed by atoms with Gasteiger partial charge in [-0.2, -0.15) is 0 Å². The van der Waals surface area contributed by atoms with Gasteiger partial charge >= 0.3 is 5.97 Å². The quantitative estimate of drug-likeness (QED) is 0.602. The van der Waals surface area contributed by atoms with Crippen molar-refractivity contribution in [1.29, 1.82) is 0 Å². The summed E-state index contributed by atoms with van der Waals surface area (Å²) >= 11 is 0. The van der Waals surface area contributed by atoms with E-state index in [-0.39, 0.29) is 30.0 Å². The summed E-state index contributed by atoms with van der Waals surface area (Å²) in [6.45, 7) is 4.25. The monoisotopic (exact) mass is 396 g/mol. The van der Waals surface area contributed by atoms with Gasteiger partial charge in [-0.1, -0.05) is 18.2 Å². The van der Waals surface area contributed by atoms with Crippen LogP contribution in [0.15, 0.2) is 36.5 Å². The maximum Gasteiger partial charge on any atom is 0.308 e. The molecule has 1 aromatic carbocycles. The van der Waals surface area contributed by atoms with Gasteiger partial charge in [0.2, 0.25) is 5.91 Å². The van der Waals surface area contributed by atoms with E-state index in [0.29, 0.717) is 26.0 Å². The van der Waals surface area contributed by atoms with Crippen LogP contribution in [0.3, 0.4) is 0 Å². The van der Waals surface area contributed by atoms with Crippen molar-refractivity contribution < 1.29 is 19.1 Å². The highest BCUT2D eigenvalue weighted by atomic mass is 16.5. The molecule has 2 aromatic rings. The predicted octanol–water partition coefficient (Wildman–Crippen LogP) is 3.84. The molecule has 6 nitrogen and oxygen atoms in total. The number of benzene rings is 1. The van der Waals surface area contributed by atoms with Crippen molar-refractivity contribution in [2.24, 2.45) is 5.92 Å². The third-order valence-corrected chi connectivity index (χ3v) is 5.47. The Kier molecular flexibility index (Phi) is 6.96. The first-order valence-electron chi connectivity index (χ1n) is 10.3. The zero-order valence-electron chi connectivity index (χ0n) is 17.1. The maximum atomic E-state index is 13.1. The molecule has 154 valence electrons. The fraction of sp³-hybridized carbons (Fsp3) is 0.478. The molecule has 29 heavy (non-hydrogen) atoms. The predicted molar refractivity (Wildman–Crippen MR) is 110 cm³/mol. The van der Waals surface area contributed by atoms with E-state index in [1.165, 1.54) is 0 Å². The number of hydrogen-bond donors (Lipinski definition) is 0. The molecular formula is C23H28N2O4. The normalized spacial score (nSPS) is 17.5. The number of carbonyl (C=O) groups excluding carboxylic acids is 3. The minimum atomic E-state index is -0.392. The zero-order valence-corrected chi connectivity index (χ0v) is 17.1. The number of Topliss-reactive ketones (excluding diaryl/α,β-unsaturated/α-hetero) is 1. The SMILES string of the molecule is CCOC(=O)CC(c1cnc2ccccc2c1)N1CCC(CCCC(C)=O)C1=O. The molecule has 1 amide bonds. The summed E-state index contributed by atoms with van der Waals surface area (Å²) in [5.41, 5.74) is 1.72. The topological polar surface area (TPSA) is 76.6 Å². The van der Waals surface area contributed by atoms with E-state index in [1.54, 1.807) is 24.9 Å². The van der Waals surface area contributed by atoms with Crippen LogP contribution >= 0.6 is 0 Å². The zero-order chi connectivity index (χ0) is 20.8. The van der Waals surface area contributed by atoms with E-state index < -0.39 is 6.04 Å². The lowest BCUT2D eigenvalue weighted by molar-refractivity contribution is -0.145. The van der Waals surface area contributed by atoms with Crippen LogP contribution in [0.4, 0.5) is 0 Å². The largest absolute Gasteiger partial charge is 0.466 e. The first-order chi connectivity index (χ1) is 14.0. The van der Waals surface area contributed by atoms with Crippen LogP contribution in [-0.4, -0.2) is 40.7 Å². The van der Waals surface area contributed by atoms with Crippen molar-refractivity contribution in [1.82, 2.24) is 9.88 Å². The molecule has 3 rings (SSSR count). The Morgan fingerprint density at radius 3 is 2.86 bits per heavy atom. The van der Waals surface area contributed by atoms with Gasteiger partial charge in [0.1, 0.15) is 5.78 Å². The van der Waals surface area contributed by atoms with Crippen molar-refractivity contribution in [3.63, 3.8) is 0 Å². The molecule has 1 aromatic heterocycles. The van der Waals surface area contributed by atoms with E-state index in [0.717, 1.165) is 29.3 Å². The van der Waals surface area contributed by atoms with E-state index in [9.17, 15) is 14.4 Å². The summed E-state index contributed by atoms with van der Waals surface area (Å²) in [5, 5.41) is 0.975. The van der Waals surface area contributed by atoms with E-state index >= 15 is 0 Å². The van der Waals surface area contributed by atoms with Crippen molar-refractivity contribution in [2.75, 3.05) is 13.2 Å². The molecule has 2 heterocycles. The lowest BCUT2D eigenvalue weighted by Crippen LogP contribution is -2.33. The number of ketones is 1. The van der Waals surface area contributed by atoms with Crippen LogP contribution < -0.4 is 0 Å². The average molecular weight is 396 g/mol. The molecular weight excluding hydrogens is 368 g/mol. The summed E-state index contributed by atoms with van der Waals surface area (Å²) in [4.78, 5) is 42.8. The molecule has 2 unspecified atom stereocenters. The van der Waals surface area contributed by atoms with E-state index in [4.69, 9.17) is 4.74 Å². The maximum absolute atomic E-state index is 13.1. The summed E-state index contributed by atoms with van der Waals surface area (Å²) in [7, 11) is 0. The Morgan fingerprint density at radius 1 is 1.31 bits per heavy atom. The Bertz CT molecular complexity index is 895. The van der Waals surface area contributed by atoms with Crippen LogP contribution in [0.25, 0.3) is 10.9 Å². The van der Waals surface area contributed by atoms with Gasteiger partial charge in [0.05, 0.1) is 24.6 Å². The smallest absolute Gasteiger partial charge is 0.308 e. The van der Waals surface area contributed by atoms with Crippen LogP contribution in [0.5, 0.6) is 0 Å². The van der Waals surface area contributed by atoms with Crippen molar-refractivity contribution in [3.8, 4) is 0 Å². The lowest BCUT2D eigenvalue weighted by atomic mass is 9.99. The summed E-state index contributed by atoms with van der Waals surface area (Å²) in [6, 6.07) is 9.40.